The van der Waals surface area contributed by atoms with Crippen LogP contribution < -0.4 is 0 Å². The van der Waals surface area contributed by atoms with Crippen molar-refractivity contribution < 1.29 is 9.32 Å². The van der Waals surface area contributed by atoms with Gasteiger partial charge in [0.15, 0.2) is 0 Å². The molecular weight excluding hydrogens is 220 g/mol. The average Bonchev–Trinajstić information content (AvgIpc) is 2.30. The predicted molar refractivity (Wildman–Crippen MR) is 65.9 cm³/mol. The fourth-order valence-electron chi connectivity index (χ4n) is 2.17. The zero-order valence-corrected chi connectivity index (χ0v) is 10.4. The Kier molecular flexibility index (Phi) is 3.77. The second kappa shape index (κ2) is 5.11. The van der Waals surface area contributed by atoms with Gasteiger partial charge < -0.3 is 5.11 Å². The minimum absolute atomic E-state index is 0.0727. The number of rotatable bonds is 2. The van der Waals surface area contributed by atoms with E-state index in [1.165, 1.54) is 5.56 Å². The summed E-state index contributed by atoms with van der Waals surface area (Å²) in [6, 6.07) is 7.77. The third kappa shape index (κ3) is 2.53. The fraction of sp³-hybridized carbons (Fsp3) is 0.538. The summed E-state index contributed by atoms with van der Waals surface area (Å²) >= 11 is 0. The van der Waals surface area contributed by atoms with Crippen LogP contribution in [0.2, 0.25) is 0 Å². The van der Waals surface area contributed by atoms with Crippen molar-refractivity contribution in [2.24, 2.45) is 0 Å². The Morgan fingerprint density at radius 1 is 1.19 bits per heavy atom. The van der Waals surface area contributed by atoms with Crippen LogP contribution in [0.3, 0.4) is 0 Å². The maximum atomic E-state index is 12.3. The lowest BCUT2D eigenvalue weighted by Gasteiger charge is -2.26. The molecule has 1 saturated carbocycles. The van der Waals surface area contributed by atoms with Gasteiger partial charge in [0.25, 0.3) is 0 Å². The molecule has 0 amide bonds. The molecule has 1 aliphatic carbocycles. The Hall–Kier alpha value is -0.670. The SMILES string of the molecule is Cc1ccc(S(=O)C2CCCCC2O)cc1. The first kappa shape index (κ1) is 11.8. The van der Waals surface area contributed by atoms with E-state index in [0.717, 1.165) is 30.6 Å². The van der Waals surface area contributed by atoms with E-state index >= 15 is 0 Å². The van der Waals surface area contributed by atoms with Gasteiger partial charge in [-0.25, -0.2) is 0 Å². The van der Waals surface area contributed by atoms with Crippen LogP contribution >= 0.6 is 0 Å². The van der Waals surface area contributed by atoms with Gasteiger partial charge in [0.2, 0.25) is 0 Å². The normalized spacial score (nSPS) is 27.6. The summed E-state index contributed by atoms with van der Waals surface area (Å²) < 4.78 is 12.3. The standard InChI is InChI=1S/C13H18O2S/c1-10-6-8-11(9-7-10)16(15)13-5-3-2-4-12(13)14/h6-9,12-14H,2-5H2,1H3. The van der Waals surface area contributed by atoms with E-state index in [2.05, 4.69) is 0 Å². The lowest BCUT2D eigenvalue weighted by molar-refractivity contribution is 0.135. The van der Waals surface area contributed by atoms with Crippen LogP contribution in [-0.4, -0.2) is 20.7 Å². The zero-order chi connectivity index (χ0) is 11.5. The molecule has 1 aromatic rings. The summed E-state index contributed by atoms with van der Waals surface area (Å²) in [6.07, 6.45) is 3.42. The van der Waals surface area contributed by atoms with Gasteiger partial charge >= 0.3 is 0 Å². The van der Waals surface area contributed by atoms with Crippen LogP contribution in [0.5, 0.6) is 0 Å². The zero-order valence-electron chi connectivity index (χ0n) is 9.56. The minimum atomic E-state index is -1.06. The smallest absolute Gasteiger partial charge is 0.0687 e. The predicted octanol–water partition coefficient (Wildman–Crippen LogP) is 2.41. The van der Waals surface area contributed by atoms with Crippen molar-refractivity contribution in [1.82, 2.24) is 0 Å². The summed E-state index contributed by atoms with van der Waals surface area (Å²) in [5.41, 5.74) is 1.17. The minimum Gasteiger partial charge on any atom is -0.392 e. The molecule has 0 aromatic heterocycles. The molecule has 0 radical (unpaired) electrons. The number of aliphatic hydroxyl groups excluding tert-OH is 1. The number of hydrogen-bond acceptors (Lipinski definition) is 2. The molecule has 1 aliphatic rings. The maximum Gasteiger partial charge on any atom is 0.0687 e. The molecule has 0 spiro atoms. The van der Waals surface area contributed by atoms with Crippen LogP contribution in [0.25, 0.3) is 0 Å². The van der Waals surface area contributed by atoms with Gasteiger partial charge in [0.05, 0.1) is 22.2 Å². The summed E-state index contributed by atoms with van der Waals surface area (Å²) in [5.74, 6) is 0. The third-order valence-electron chi connectivity index (χ3n) is 3.20. The van der Waals surface area contributed by atoms with Crippen molar-refractivity contribution in [2.75, 3.05) is 0 Å². The molecule has 1 aromatic carbocycles. The molecule has 1 fully saturated rings. The third-order valence-corrected chi connectivity index (χ3v) is 5.03. The van der Waals surface area contributed by atoms with E-state index in [0.29, 0.717) is 0 Å². The van der Waals surface area contributed by atoms with Crippen LogP contribution in [0, 0.1) is 6.92 Å². The lowest BCUT2D eigenvalue weighted by atomic mass is 9.97. The van der Waals surface area contributed by atoms with Gasteiger partial charge in [-0.05, 0) is 31.9 Å². The summed E-state index contributed by atoms with van der Waals surface area (Å²) in [4.78, 5) is 0.844. The summed E-state index contributed by atoms with van der Waals surface area (Å²) in [7, 11) is -1.06. The molecule has 0 aliphatic heterocycles. The van der Waals surface area contributed by atoms with Gasteiger partial charge in [-0.15, -0.1) is 0 Å². The maximum absolute atomic E-state index is 12.3. The van der Waals surface area contributed by atoms with Crippen LogP contribution in [0.4, 0.5) is 0 Å². The second-order valence-corrected chi connectivity index (χ2v) is 6.17. The number of hydrogen-bond donors (Lipinski definition) is 1. The van der Waals surface area contributed by atoms with Gasteiger partial charge in [0, 0.05) is 4.90 Å². The van der Waals surface area contributed by atoms with E-state index in [-0.39, 0.29) is 5.25 Å². The molecule has 0 heterocycles. The Balaban J connectivity index is 2.14. The van der Waals surface area contributed by atoms with E-state index in [1.807, 2.05) is 31.2 Å². The largest absolute Gasteiger partial charge is 0.392 e. The number of aliphatic hydroxyl groups is 1. The van der Waals surface area contributed by atoms with Gasteiger partial charge in [0.1, 0.15) is 0 Å². The van der Waals surface area contributed by atoms with Crippen molar-refractivity contribution in [3.05, 3.63) is 29.8 Å². The Morgan fingerprint density at radius 2 is 1.81 bits per heavy atom. The molecule has 2 nitrogen and oxygen atoms in total. The van der Waals surface area contributed by atoms with Crippen LogP contribution in [-0.2, 0) is 10.8 Å². The van der Waals surface area contributed by atoms with Gasteiger partial charge in [-0.2, -0.15) is 0 Å². The molecule has 16 heavy (non-hydrogen) atoms. The first-order chi connectivity index (χ1) is 7.68. The monoisotopic (exact) mass is 238 g/mol. The van der Waals surface area contributed by atoms with Crippen molar-refractivity contribution in [2.45, 2.75) is 48.9 Å². The highest BCUT2D eigenvalue weighted by atomic mass is 32.2. The quantitative estimate of drug-likeness (QED) is 0.859. The van der Waals surface area contributed by atoms with E-state index < -0.39 is 16.9 Å². The Labute approximate surface area is 99.1 Å². The highest BCUT2D eigenvalue weighted by Crippen LogP contribution is 2.26. The van der Waals surface area contributed by atoms with E-state index in [9.17, 15) is 9.32 Å². The second-order valence-electron chi connectivity index (χ2n) is 4.50. The van der Waals surface area contributed by atoms with Gasteiger partial charge in [-0.3, -0.25) is 4.21 Å². The molecule has 88 valence electrons. The van der Waals surface area contributed by atoms with Crippen molar-refractivity contribution in [3.8, 4) is 0 Å². The van der Waals surface area contributed by atoms with Crippen molar-refractivity contribution in [1.29, 1.82) is 0 Å². The van der Waals surface area contributed by atoms with Crippen molar-refractivity contribution >= 4 is 10.8 Å². The van der Waals surface area contributed by atoms with Crippen LogP contribution in [0.1, 0.15) is 31.2 Å². The van der Waals surface area contributed by atoms with Crippen molar-refractivity contribution in [3.63, 3.8) is 0 Å². The van der Waals surface area contributed by atoms with Crippen LogP contribution in [0.15, 0.2) is 29.2 Å². The first-order valence-electron chi connectivity index (χ1n) is 5.84. The molecule has 0 bridgehead atoms. The highest BCUT2D eigenvalue weighted by Gasteiger charge is 2.28. The Bertz CT molecular complexity index is 372. The van der Waals surface area contributed by atoms with E-state index in [4.69, 9.17) is 0 Å². The molecule has 2 rings (SSSR count). The lowest BCUT2D eigenvalue weighted by Crippen LogP contribution is -2.33. The fourth-order valence-corrected chi connectivity index (χ4v) is 3.73. The topological polar surface area (TPSA) is 37.3 Å². The molecule has 3 unspecified atom stereocenters. The summed E-state index contributed by atoms with van der Waals surface area (Å²) in [5, 5.41) is 9.79. The average molecular weight is 238 g/mol. The van der Waals surface area contributed by atoms with E-state index in [1.54, 1.807) is 0 Å². The molecule has 3 heteroatoms. The highest BCUT2D eigenvalue weighted by molar-refractivity contribution is 7.85. The Morgan fingerprint density at radius 3 is 2.44 bits per heavy atom. The molecular formula is C13H18O2S. The molecule has 1 N–H and O–H groups in total. The first-order valence-corrected chi connectivity index (χ1v) is 7.05. The molecule has 0 saturated heterocycles. The number of aryl methyl sites for hydroxylation is 1. The molecule has 3 atom stereocenters. The van der Waals surface area contributed by atoms with Gasteiger partial charge in [-0.1, -0.05) is 30.5 Å². The summed E-state index contributed by atoms with van der Waals surface area (Å²) in [6.45, 7) is 2.02. The number of benzene rings is 1.